The van der Waals surface area contributed by atoms with Gasteiger partial charge in [0.2, 0.25) is 0 Å². The van der Waals surface area contributed by atoms with Crippen molar-refractivity contribution >= 4 is 0 Å². The third-order valence-electron chi connectivity index (χ3n) is 2.96. The van der Waals surface area contributed by atoms with Gasteiger partial charge in [0.25, 0.3) is 0 Å². The first kappa shape index (κ1) is 17.7. The molecule has 118 valence electrons. The van der Waals surface area contributed by atoms with Gasteiger partial charge >= 0.3 is 0 Å². The second-order valence-electron chi connectivity index (χ2n) is 6.10. The van der Waals surface area contributed by atoms with Crippen molar-refractivity contribution in [3.63, 3.8) is 0 Å². The Morgan fingerprint density at radius 1 is 1.14 bits per heavy atom. The summed E-state index contributed by atoms with van der Waals surface area (Å²) in [6, 6.07) is 8.15. The SMILES string of the molecule is C=CCCCOCCOc1ccccc1CNC(C)(C)C. The number of unbranched alkanes of at least 4 members (excludes halogenated alkanes) is 1. The van der Waals surface area contributed by atoms with Crippen LogP contribution < -0.4 is 10.1 Å². The molecule has 0 fully saturated rings. The molecule has 0 amide bonds. The van der Waals surface area contributed by atoms with E-state index in [1.165, 1.54) is 5.56 Å². The van der Waals surface area contributed by atoms with Crippen molar-refractivity contribution in [3.8, 4) is 5.75 Å². The van der Waals surface area contributed by atoms with E-state index in [1.54, 1.807) is 0 Å². The largest absolute Gasteiger partial charge is 0.491 e. The quantitative estimate of drug-likeness (QED) is 0.523. The lowest BCUT2D eigenvalue weighted by molar-refractivity contribution is 0.0984. The summed E-state index contributed by atoms with van der Waals surface area (Å²) in [5.74, 6) is 0.934. The van der Waals surface area contributed by atoms with Crippen LogP contribution in [0, 0.1) is 0 Å². The van der Waals surface area contributed by atoms with Gasteiger partial charge in [0.15, 0.2) is 0 Å². The first-order valence-electron chi connectivity index (χ1n) is 7.67. The van der Waals surface area contributed by atoms with Crippen molar-refractivity contribution in [1.82, 2.24) is 5.32 Å². The van der Waals surface area contributed by atoms with Crippen LogP contribution >= 0.6 is 0 Å². The Morgan fingerprint density at radius 3 is 2.62 bits per heavy atom. The summed E-state index contributed by atoms with van der Waals surface area (Å²) in [6.07, 6.45) is 3.94. The molecule has 0 aromatic heterocycles. The Hall–Kier alpha value is -1.32. The van der Waals surface area contributed by atoms with Crippen LogP contribution in [-0.4, -0.2) is 25.4 Å². The van der Waals surface area contributed by atoms with Crippen LogP contribution in [0.3, 0.4) is 0 Å². The second kappa shape index (κ2) is 9.59. The van der Waals surface area contributed by atoms with Crippen LogP contribution in [-0.2, 0) is 11.3 Å². The first-order valence-corrected chi connectivity index (χ1v) is 7.67. The van der Waals surface area contributed by atoms with Gasteiger partial charge in [-0.25, -0.2) is 0 Å². The Balaban J connectivity index is 2.32. The summed E-state index contributed by atoms with van der Waals surface area (Å²) < 4.78 is 11.3. The van der Waals surface area contributed by atoms with E-state index in [2.05, 4.69) is 38.7 Å². The third kappa shape index (κ3) is 8.53. The van der Waals surface area contributed by atoms with Gasteiger partial charge in [0, 0.05) is 24.3 Å². The van der Waals surface area contributed by atoms with Crippen LogP contribution in [0.5, 0.6) is 5.75 Å². The van der Waals surface area contributed by atoms with Gasteiger partial charge in [-0.2, -0.15) is 0 Å². The predicted molar refractivity (Wildman–Crippen MR) is 88.8 cm³/mol. The van der Waals surface area contributed by atoms with E-state index in [9.17, 15) is 0 Å². The van der Waals surface area contributed by atoms with E-state index >= 15 is 0 Å². The van der Waals surface area contributed by atoms with Gasteiger partial charge in [0.1, 0.15) is 12.4 Å². The molecule has 1 rings (SSSR count). The standard InChI is InChI=1S/C18H29NO2/c1-5-6-9-12-20-13-14-21-17-11-8-7-10-16(17)15-19-18(2,3)4/h5,7-8,10-11,19H,1,6,9,12-15H2,2-4H3. The number of benzene rings is 1. The number of nitrogens with one attached hydrogen (secondary N) is 1. The van der Waals surface area contributed by atoms with E-state index < -0.39 is 0 Å². The summed E-state index contributed by atoms with van der Waals surface area (Å²) in [5, 5.41) is 3.48. The number of ether oxygens (including phenoxy) is 2. The lowest BCUT2D eigenvalue weighted by Crippen LogP contribution is -2.35. The fraction of sp³-hybridized carbons (Fsp3) is 0.556. The zero-order valence-corrected chi connectivity index (χ0v) is 13.7. The molecule has 0 saturated heterocycles. The van der Waals surface area contributed by atoms with Gasteiger partial charge in [0.05, 0.1) is 6.61 Å². The average Bonchev–Trinajstić information content (AvgIpc) is 2.44. The molecule has 1 aromatic carbocycles. The minimum atomic E-state index is 0.0986. The van der Waals surface area contributed by atoms with Gasteiger partial charge < -0.3 is 14.8 Å². The molecule has 1 aromatic rings. The second-order valence-corrected chi connectivity index (χ2v) is 6.10. The molecule has 0 spiro atoms. The van der Waals surface area contributed by atoms with Gasteiger partial charge in [-0.1, -0.05) is 24.3 Å². The summed E-state index contributed by atoms with van der Waals surface area (Å²) >= 11 is 0. The highest BCUT2D eigenvalue weighted by Gasteiger charge is 2.10. The molecule has 21 heavy (non-hydrogen) atoms. The molecule has 1 N–H and O–H groups in total. The summed E-state index contributed by atoms with van der Waals surface area (Å²) in [5.41, 5.74) is 1.28. The number of para-hydroxylation sites is 1. The van der Waals surface area contributed by atoms with Crippen LogP contribution in [0.15, 0.2) is 36.9 Å². The monoisotopic (exact) mass is 291 g/mol. The number of hydrogen-bond acceptors (Lipinski definition) is 3. The maximum atomic E-state index is 5.82. The molecule has 0 saturated carbocycles. The highest BCUT2D eigenvalue weighted by atomic mass is 16.5. The molecular formula is C18H29NO2. The van der Waals surface area contributed by atoms with Crippen molar-refractivity contribution in [2.45, 2.75) is 45.7 Å². The predicted octanol–water partition coefficient (Wildman–Crippen LogP) is 3.94. The van der Waals surface area contributed by atoms with Gasteiger partial charge in [-0.05, 0) is 39.7 Å². The Kier molecular flexibility index (Phi) is 8.09. The Bertz CT molecular complexity index is 410. The molecule has 0 aliphatic carbocycles. The molecule has 0 heterocycles. The fourth-order valence-electron chi connectivity index (χ4n) is 1.79. The average molecular weight is 291 g/mol. The van der Waals surface area contributed by atoms with Crippen LogP contribution in [0.1, 0.15) is 39.2 Å². The minimum absolute atomic E-state index is 0.0986. The minimum Gasteiger partial charge on any atom is -0.491 e. The van der Waals surface area contributed by atoms with Crippen molar-refractivity contribution in [3.05, 3.63) is 42.5 Å². The van der Waals surface area contributed by atoms with Crippen molar-refractivity contribution in [2.24, 2.45) is 0 Å². The summed E-state index contributed by atoms with van der Waals surface area (Å²) in [4.78, 5) is 0. The van der Waals surface area contributed by atoms with E-state index in [0.717, 1.165) is 31.7 Å². The maximum absolute atomic E-state index is 5.82. The Morgan fingerprint density at radius 2 is 1.90 bits per heavy atom. The van der Waals surface area contributed by atoms with Gasteiger partial charge in [-0.15, -0.1) is 6.58 Å². The van der Waals surface area contributed by atoms with Crippen LogP contribution in [0.2, 0.25) is 0 Å². The summed E-state index contributed by atoms with van der Waals surface area (Å²) in [6.45, 7) is 13.0. The lowest BCUT2D eigenvalue weighted by Gasteiger charge is -2.21. The maximum Gasteiger partial charge on any atom is 0.123 e. The molecule has 3 heteroatoms. The molecule has 0 atom stereocenters. The molecule has 0 aliphatic rings. The molecule has 3 nitrogen and oxygen atoms in total. The summed E-state index contributed by atoms with van der Waals surface area (Å²) in [7, 11) is 0. The van der Waals surface area contributed by atoms with E-state index in [1.807, 2.05) is 24.3 Å². The van der Waals surface area contributed by atoms with Crippen LogP contribution in [0.4, 0.5) is 0 Å². The number of hydrogen-bond donors (Lipinski definition) is 1. The third-order valence-corrected chi connectivity index (χ3v) is 2.96. The molecular weight excluding hydrogens is 262 g/mol. The molecule has 0 unspecified atom stereocenters. The number of allylic oxidation sites excluding steroid dienone is 1. The van der Waals surface area contributed by atoms with Crippen LogP contribution in [0.25, 0.3) is 0 Å². The van der Waals surface area contributed by atoms with Crippen molar-refractivity contribution in [1.29, 1.82) is 0 Å². The molecule has 0 aliphatic heterocycles. The zero-order valence-electron chi connectivity index (χ0n) is 13.7. The van der Waals surface area contributed by atoms with Crippen molar-refractivity contribution in [2.75, 3.05) is 19.8 Å². The van der Waals surface area contributed by atoms with Crippen molar-refractivity contribution < 1.29 is 9.47 Å². The lowest BCUT2D eigenvalue weighted by atomic mass is 10.1. The number of rotatable bonds is 10. The van der Waals surface area contributed by atoms with E-state index in [-0.39, 0.29) is 5.54 Å². The highest BCUT2D eigenvalue weighted by molar-refractivity contribution is 5.33. The van der Waals surface area contributed by atoms with E-state index in [0.29, 0.717) is 13.2 Å². The van der Waals surface area contributed by atoms with E-state index in [4.69, 9.17) is 9.47 Å². The topological polar surface area (TPSA) is 30.5 Å². The fourth-order valence-corrected chi connectivity index (χ4v) is 1.79. The normalized spacial score (nSPS) is 11.4. The first-order chi connectivity index (χ1) is 10.0. The molecule has 0 radical (unpaired) electrons. The molecule has 0 bridgehead atoms. The zero-order chi connectivity index (χ0) is 15.6. The highest BCUT2D eigenvalue weighted by Crippen LogP contribution is 2.18. The smallest absolute Gasteiger partial charge is 0.123 e. The Labute approximate surface area is 129 Å². The van der Waals surface area contributed by atoms with Gasteiger partial charge in [-0.3, -0.25) is 0 Å².